The molecule has 1 atom stereocenters. The molecule has 0 N–H and O–H groups in total. The Hall–Kier alpha value is -0.610. The van der Waals surface area contributed by atoms with E-state index < -0.39 is 0 Å². The maximum Gasteiger partial charge on any atom is 0.332 e. The molecule has 0 bridgehead atoms. The summed E-state index contributed by atoms with van der Waals surface area (Å²) in [6.07, 6.45) is 0.743. The first-order valence-corrected chi connectivity index (χ1v) is 3.59. The highest BCUT2D eigenvalue weighted by atomic mass is 16.6. The monoisotopic (exact) mass is 160 g/mol. The average molecular weight is 160 g/mol. The lowest BCUT2D eigenvalue weighted by Crippen LogP contribution is -2.20. The van der Waals surface area contributed by atoms with Crippen molar-refractivity contribution in [1.29, 1.82) is 0 Å². The number of carbonyl (C=O) groups excluding carboxylic acids is 1. The zero-order chi connectivity index (χ0) is 8.10. The van der Waals surface area contributed by atoms with Crippen LogP contribution < -0.4 is 0 Å². The van der Waals surface area contributed by atoms with Gasteiger partial charge >= 0.3 is 5.97 Å². The Morgan fingerprint density at radius 3 is 3.09 bits per heavy atom. The zero-order valence-corrected chi connectivity index (χ0v) is 6.54. The number of methoxy groups -OCH3 is 1. The van der Waals surface area contributed by atoms with Crippen LogP contribution in [0.3, 0.4) is 0 Å². The SMILES string of the molecule is COCC(=O)O[C@H]1CCOC1. The number of hydrogen-bond donors (Lipinski definition) is 0. The van der Waals surface area contributed by atoms with E-state index in [1.165, 1.54) is 7.11 Å². The molecule has 4 nitrogen and oxygen atoms in total. The molecule has 1 aliphatic heterocycles. The number of rotatable bonds is 3. The molecule has 1 aliphatic rings. The molecule has 1 rings (SSSR count). The zero-order valence-electron chi connectivity index (χ0n) is 6.54. The lowest BCUT2D eigenvalue weighted by atomic mass is 10.3. The van der Waals surface area contributed by atoms with Crippen LogP contribution in [0.15, 0.2) is 0 Å². The van der Waals surface area contributed by atoms with Crippen LogP contribution in [0.25, 0.3) is 0 Å². The number of esters is 1. The number of hydrogen-bond acceptors (Lipinski definition) is 4. The van der Waals surface area contributed by atoms with Crippen molar-refractivity contribution in [3.8, 4) is 0 Å². The van der Waals surface area contributed by atoms with E-state index in [2.05, 4.69) is 4.74 Å². The Morgan fingerprint density at radius 1 is 1.73 bits per heavy atom. The fraction of sp³-hybridized carbons (Fsp3) is 0.857. The summed E-state index contributed by atoms with van der Waals surface area (Å²) < 4.78 is 14.6. The molecule has 11 heavy (non-hydrogen) atoms. The first-order chi connectivity index (χ1) is 5.33. The largest absolute Gasteiger partial charge is 0.458 e. The molecule has 1 fully saturated rings. The van der Waals surface area contributed by atoms with Gasteiger partial charge in [0.2, 0.25) is 0 Å². The fourth-order valence-corrected chi connectivity index (χ4v) is 0.944. The number of carbonyl (C=O) groups is 1. The lowest BCUT2D eigenvalue weighted by Gasteiger charge is -2.08. The molecule has 0 saturated carbocycles. The van der Waals surface area contributed by atoms with Gasteiger partial charge in [-0.05, 0) is 0 Å². The van der Waals surface area contributed by atoms with Crippen molar-refractivity contribution in [2.24, 2.45) is 0 Å². The van der Waals surface area contributed by atoms with Gasteiger partial charge in [-0.2, -0.15) is 0 Å². The van der Waals surface area contributed by atoms with Crippen LogP contribution in [0.2, 0.25) is 0 Å². The highest BCUT2D eigenvalue weighted by molar-refractivity contribution is 5.70. The van der Waals surface area contributed by atoms with E-state index in [1.807, 2.05) is 0 Å². The third-order valence-corrected chi connectivity index (χ3v) is 1.45. The van der Waals surface area contributed by atoms with Crippen molar-refractivity contribution >= 4 is 5.97 Å². The Morgan fingerprint density at radius 2 is 2.55 bits per heavy atom. The van der Waals surface area contributed by atoms with Crippen LogP contribution in [0.5, 0.6) is 0 Å². The smallest absolute Gasteiger partial charge is 0.332 e. The van der Waals surface area contributed by atoms with Crippen molar-refractivity contribution < 1.29 is 19.0 Å². The standard InChI is InChI=1S/C7H12O4/c1-9-5-7(8)11-6-2-3-10-4-6/h6H,2-5H2,1H3/t6-/m0/s1. The topological polar surface area (TPSA) is 44.8 Å². The first kappa shape index (κ1) is 8.49. The molecular weight excluding hydrogens is 148 g/mol. The first-order valence-electron chi connectivity index (χ1n) is 3.59. The van der Waals surface area contributed by atoms with Crippen LogP contribution in [-0.4, -0.2) is 39.0 Å². The summed E-state index contributed by atoms with van der Waals surface area (Å²) in [6.45, 7) is 1.23. The summed E-state index contributed by atoms with van der Waals surface area (Å²) in [5.41, 5.74) is 0. The van der Waals surface area contributed by atoms with Crippen LogP contribution in [0, 0.1) is 0 Å². The molecule has 0 unspecified atom stereocenters. The van der Waals surface area contributed by atoms with Gasteiger partial charge in [0.15, 0.2) is 0 Å². The third kappa shape index (κ3) is 2.86. The highest BCUT2D eigenvalue weighted by Crippen LogP contribution is 2.07. The molecule has 0 radical (unpaired) electrons. The fourth-order valence-electron chi connectivity index (χ4n) is 0.944. The van der Waals surface area contributed by atoms with E-state index in [0.717, 1.165) is 6.42 Å². The third-order valence-electron chi connectivity index (χ3n) is 1.45. The van der Waals surface area contributed by atoms with E-state index in [1.54, 1.807) is 0 Å². The summed E-state index contributed by atoms with van der Waals surface area (Å²) in [4.78, 5) is 10.8. The van der Waals surface area contributed by atoms with Gasteiger partial charge < -0.3 is 14.2 Å². The van der Waals surface area contributed by atoms with Gasteiger partial charge in [0.05, 0.1) is 13.2 Å². The molecule has 4 heteroatoms. The molecule has 0 aliphatic carbocycles. The molecular formula is C7H12O4. The minimum absolute atomic E-state index is 0.0243. The molecule has 0 aromatic heterocycles. The molecule has 1 heterocycles. The summed E-state index contributed by atoms with van der Waals surface area (Å²) in [5, 5.41) is 0. The van der Waals surface area contributed by atoms with Gasteiger partial charge in [0.1, 0.15) is 12.7 Å². The van der Waals surface area contributed by atoms with E-state index in [-0.39, 0.29) is 18.7 Å². The van der Waals surface area contributed by atoms with Crippen molar-refractivity contribution in [1.82, 2.24) is 0 Å². The molecule has 0 aromatic rings. The van der Waals surface area contributed by atoms with Crippen molar-refractivity contribution in [2.45, 2.75) is 12.5 Å². The molecule has 0 aromatic carbocycles. The van der Waals surface area contributed by atoms with Crippen molar-refractivity contribution in [2.75, 3.05) is 26.9 Å². The molecule has 0 amide bonds. The van der Waals surface area contributed by atoms with Gasteiger partial charge in [-0.3, -0.25) is 0 Å². The normalized spacial score (nSPS) is 23.5. The van der Waals surface area contributed by atoms with E-state index in [9.17, 15) is 4.79 Å². The van der Waals surface area contributed by atoms with Gasteiger partial charge in [0.25, 0.3) is 0 Å². The summed E-state index contributed by atoms with van der Waals surface area (Å²) >= 11 is 0. The van der Waals surface area contributed by atoms with Gasteiger partial charge in [0, 0.05) is 13.5 Å². The Kier molecular flexibility index (Phi) is 3.32. The second-order valence-electron chi connectivity index (χ2n) is 2.41. The van der Waals surface area contributed by atoms with Gasteiger partial charge in [-0.15, -0.1) is 0 Å². The highest BCUT2D eigenvalue weighted by Gasteiger charge is 2.19. The number of ether oxygens (including phenoxy) is 3. The van der Waals surface area contributed by atoms with Gasteiger partial charge in [-0.1, -0.05) is 0 Å². The predicted molar refractivity (Wildman–Crippen MR) is 37.2 cm³/mol. The summed E-state index contributed by atoms with van der Waals surface area (Å²) in [5.74, 6) is -0.317. The van der Waals surface area contributed by atoms with Crippen molar-refractivity contribution in [3.05, 3.63) is 0 Å². The van der Waals surface area contributed by atoms with Crippen LogP contribution in [0.4, 0.5) is 0 Å². The second kappa shape index (κ2) is 4.31. The van der Waals surface area contributed by atoms with Crippen LogP contribution in [-0.2, 0) is 19.0 Å². The summed E-state index contributed by atoms with van der Waals surface area (Å²) in [7, 11) is 1.46. The average Bonchev–Trinajstić information content (AvgIpc) is 2.40. The minimum atomic E-state index is -0.317. The minimum Gasteiger partial charge on any atom is -0.458 e. The Bertz CT molecular complexity index is 128. The summed E-state index contributed by atoms with van der Waals surface area (Å²) in [6, 6.07) is 0. The quantitative estimate of drug-likeness (QED) is 0.543. The predicted octanol–water partition coefficient (Wildman–Crippen LogP) is -0.0351. The maximum atomic E-state index is 10.8. The second-order valence-corrected chi connectivity index (χ2v) is 2.41. The Balaban J connectivity index is 2.13. The van der Waals surface area contributed by atoms with Crippen molar-refractivity contribution in [3.63, 3.8) is 0 Å². The van der Waals surface area contributed by atoms with Crippen LogP contribution in [0.1, 0.15) is 6.42 Å². The van der Waals surface area contributed by atoms with Crippen LogP contribution >= 0.6 is 0 Å². The lowest BCUT2D eigenvalue weighted by molar-refractivity contribution is -0.153. The van der Waals surface area contributed by atoms with E-state index >= 15 is 0 Å². The van der Waals surface area contributed by atoms with E-state index in [0.29, 0.717) is 13.2 Å². The van der Waals surface area contributed by atoms with E-state index in [4.69, 9.17) is 9.47 Å². The maximum absolute atomic E-state index is 10.8. The molecule has 1 saturated heterocycles. The molecule has 64 valence electrons. The Labute approximate surface area is 65.4 Å². The van der Waals surface area contributed by atoms with Gasteiger partial charge in [-0.25, -0.2) is 4.79 Å². The molecule has 0 spiro atoms.